The molecule has 1 aliphatic carbocycles. The van der Waals surface area contributed by atoms with Gasteiger partial charge in [-0.1, -0.05) is 29.8 Å². The summed E-state index contributed by atoms with van der Waals surface area (Å²) in [5.41, 5.74) is 1.02. The van der Waals surface area contributed by atoms with Crippen molar-refractivity contribution in [3.8, 4) is 0 Å². The minimum Gasteiger partial charge on any atom is -0.352 e. The molecular weight excluding hydrogens is 298 g/mol. The second kappa shape index (κ2) is 7.09. The quantitative estimate of drug-likeness (QED) is 0.848. The highest BCUT2D eigenvalue weighted by Crippen LogP contribution is 2.19. The zero-order valence-electron chi connectivity index (χ0n) is 13.1. The van der Waals surface area contributed by atoms with Gasteiger partial charge in [-0.05, 0) is 45.2 Å². The average Bonchev–Trinajstić information content (AvgIpc) is 2.48. The minimum atomic E-state index is -3.38. The molecule has 0 saturated carbocycles. The van der Waals surface area contributed by atoms with Crippen molar-refractivity contribution in [3.63, 3.8) is 0 Å². The number of carbonyl (C=O) groups is 1. The number of hydrogen-bond acceptors (Lipinski definition) is 3. The highest BCUT2D eigenvalue weighted by atomic mass is 32.2. The molecule has 0 radical (unpaired) electrons. The molecule has 0 aromatic heterocycles. The Morgan fingerprint density at radius 2 is 1.95 bits per heavy atom. The van der Waals surface area contributed by atoms with Gasteiger partial charge in [0, 0.05) is 12.0 Å². The summed E-state index contributed by atoms with van der Waals surface area (Å²) in [7, 11) is -3.38. The molecular formula is C17H23NO3S. The molecule has 1 aliphatic rings. The monoisotopic (exact) mass is 321 g/mol. The van der Waals surface area contributed by atoms with Crippen molar-refractivity contribution < 1.29 is 13.2 Å². The van der Waals surface area contributed by atoms with Crippen LogP contribution < -0.4 is 5.32 Å². The maximum absolute atomic E-state index is 12.3. The van der Waals surface area contributed by atoms with E-state index in [4.69, 9.17) is 0 Å². The van der Waals surface area contributed by atoms with E-state index in [9.17, 15) is 13.2 Å². The van der Waals surface area contributed by atoms with Gasteiger partial charge in [0.05, 0.1) is 10.6 Å². The van der Waals surface area contributed by atoms with E-state index in [1.54, 1.807) is 31.2 Å². The van der Waals surface area contributed by atoms with E-state index in [-0.39, 0.29) is 17.6 Å². The second-order valence-corrected chi connectivity index (χ2v) is 8.02. The fourth-order valence-corrected chi connectivity index (χ4v) is 4.09. The van der Waals surface area contributed by atoms with Crippen LogP contribution in [0, 0.1) is 12.8 Å². The zero-order chi connectivity index (χ0) is 16.2. The van der Waals surface area contributed by atoms with Crippen molar-refractivity contribution in [2.75, 3.05) is 5.75 Å². The smallest absolute Gasteiger partial charge is 0.223 e. The Balaban J connectivity index is 1.95. The zero-order valence-corrected chi connectivity index (χ0v) is 13.9. The summed E-state index contributed by atoms with van der Waals surface area (Å²) in [6.07, 6.45) is 6.58. The van der Waals surface area contributed by atoms with Gasteiger partial charge in [0.15, 0.2) is 9.84 Å². The summed E-state index contributed by atoms with van der Waals surface area (Å²) in [6, 6.07) is 6.40. The second-order valence-electron chi connectivity index (χ2n) is 5.99. The first-order valence-electron chi connectivity index (χ1n) is 7.63. The molecule has 1 aromatic carbocycles. The number of benzene rings is 1. The predicted molar refractivity (Wildman–Crippen MR) is 87.3 cm³/mol. The van der Waals surface area contributed by atoms with Crippen LogP contribution >= 0.6 is 0 Å². The number of nitrogens with one attached hydrogen (secondary N) is 1. The van der Waals surface area contributed by atoms with Crippen molar-refractivity contribution in [1.29, 1.82) is 0 Å². The lowest BCUT2D eigenvalue weighted by atomic mass is 9.93. The molecule has 22 heavy (non-hydrogen) atoms. The molecule has 0 bridgehead atoms. The molecule has 0 heterocycles. The van der Waals surface area contributed by atoms with Crippen LogP contribution in [0.4, 0.5) is 0 Å². The summed E-state index contributed by atoms with van der Waals surface area (Å²) in [6.45, 7) is 3.65. The Morgan fingerprint density at radius 1 is 1.27 bits per heavy atom. The average molecular weight is 321 g/mol. The van der Waals surface area contributed by atoms with Gasteiger partial charge < -0.3 is 5.32 Å². The van der Waals surface area contributed by atoms with Crippen molar-refractivity contribution in [1.82, 2.24) is 5.32 Å². The van der Waals surface area contributed by atoms with Crippen molar-refractivity contribution >= 4 is 15.7 Å². The normalized spacial score (nSPS) is 19.6. The predicted octanol–water partition coefficient (Wildman–Crippen LogP) is 2.63. The fourth-order valence-electron chi connectivity index (χ4n) is 2.61. The molecule has 0 saturated heterocycles. The van der Waals surface area contributed by atoms with Crippen LogP contribution in [0.25, 0.3) is 0 Å². The molecule has 0 aliphatic heterocycles. The van der Waals surface area contributed by atoms with Crippen molar-refractivity contribution in [2.24, 2.45) is 5.92 Å². The van der Waals surface area contributed by atoms with Crippen LogP contribution in [-0.2, 0) is 14.6 Å². The summed E-state index contributed by atoms with van der Waals surface area (Å²) in [5, 5.41) is 2.83. The van der Waals surface area contributed by atoms with Gasteiger partial charge in [0.1, 0.15) is 0 Å². The summed E-state index contributed by atoms with van der Waals surface area (Å²) in [4.78, 5) is 12.4. The Kier molecular flexibility index (Phi) is 5.40. The van der Waals surface area contributed by atoms with E-state index < -0.39 is 15.9 Å². The maximum atomic E-state index is 12.3. The first-order chi connectivity index (χ1) is 10.4. The van der Waals surface area contributed by atoms with Crippen LogP contribution in [0.1, 0.15) is 31.7 Å². The largest absolute Gasteiger partial charge is 0.352 e. The molecule has 1 N–H and O–H groups in total. The van der Waals surface area contributed by atoms with Gasteiger partial charge in [-0.3, -0.25) is 4.79 Å². The molecule has 1 amide bonds. The van der Waals surface area contributed by atoms with E-state index in [2.05, 4.69) is 11.4 Å². The Hall–Kier alpha value is -1.62. The van der Waals surface area contributed by atoms with E-state index in [1.807, 2.05) is 13.0 Å². The van der Waals surface area contributed by atoms with Crippen LogP contribution in [0.2, 0.25) is 0 Å². The van der Waals surface area contributed by atoms with E-state index in [0.29, 0.717) is 4.90 Å². The number of sulfone groups is 1. The van der Waals surface area contributed by atoms with Gasteiger partial charge in [-0.2, -0.15) is 0 Å². The highest BCUT2D eigenvalue weighted by molar-refractivity contribution is 7.91. The molecule has 0 spiro atoms. The molecule has 5 heteroatoms. The Bertz CT molecular complexity index is 647. The third-order valence-corrected chi connectivity index (χ3v) is 5.81. The lowest BCUT2D eigenvalue weighted by molar-refractivity contribution is -0.125. The fraction of sp³-hybridized carbons (Fsp3) is 0.471. The summed E-state index contributed by atoms with van der Waals surface area (Å²) < 4.78 is 24.7. The lowest BCUT2D eigenvalue weighted by Crippen LogP contribution is -2.41. The first kappa shape index (κ1) is 16.7. The van der Waals surface area contributed by atoms with E-state index in [0.717, 1.165) is 24.8 Å². The molecule has 120 valence electrons. The van der Waals surface area contributed by atoms with Gasteiger partial charge in [0.2, 0.25) is 5.91 Å². The van der Waals surface area contributed by atoms with E-state index in [1.165, 1.54) is 0 Å². The number of allylic oxidation sites excluding steroid dienone is 2. The van der Waals surface area contributed by atoms with Gasteiger partial charge >= 0.3 is 0 Å². The summed E-state index contributed by atoms with van der Waals surface area (Å²) in [5.74, 6) is -0.157. The van der Waals surface area contributed by atoms with Crippen LogP contribution in [0.5, 0.6) is 0 Å². The molecule has 4 nitrogen and oxygen atoms in total. The SMILES string of the molecule is Cc1ccc(S(=O)(=O)C[C@@H](C)NC(=O)[C@@H]2CC=CCC2)cc1. The Morgan fingerprint density at radius 3 is 2.55 bits per heavy atom. The van der Waals surface area contributed by atoms with Gasteiger partial charge in [-0.25, -0.2) is 8.42 Å². The molecule has 2 atom stereocenters. The maximum Gasteiger partial charge on any atom is 0.223 e. The molecule has 1 aromatic rings. The van der Waals surface area contributed by atoms with Crippen LogP contribution in [0.15, 0.2) is 41.3 Å². The first-order valence-corrected chi connectivity index (χ1v) is 9.28. The third kappa shape index (κ3) is 4.44. The molecule has 2 rings (SSSR count). The molecule has 0 fully saturated rings. The number of amides is 1. The van der Waals surface area contributed by atoms with Gasteiger partial charge in [0.25, 0.3) is 0 Å². The van der Waals surface area contributed by atoms with E-state index >= 15 is 0 Å². The van der Waals surface area contributed by atoms with Crippen LogP contribution in [0.3, 0.4) is 0 Å². The van der Waals surface area contributed by atoms with Gasteiger partial charge in [-0.15, -0.1) is 0 Å². The standard InChI is InChI=1S/C17H23NO3S/c1-13-8-10-16(11-9-13)22(20,21)12-14(2)18-17(19)15-6-4-3-5-7-15/h3-4,8-11,14-15H,5-7,12H2,1-2H3,(H,18,19)/t14-,15-/m1/s1. The summed E-state index contributed by atoms with van der Waals surface area (Å²) >= 11 is 0. The van der Waals surface area contributed by atoms with Crippen LogP contribution in [-0.4, -0.2) is 26.1 Å². The third-order valence-electron chi connectivity index (χ3n) is 3.88. The number of aryl methyl sites for hydroxylation is 1. The topological polar surface area (TPSA) is 63.2 Å². The van der Waals surface area contributed by atoms with Crippen molar-refractivity contribution in [3.05, 3.63) is 42.0 Å². The number of hydrogen-bond donors (Lipinski definition) is 1. The Labute approximate surface area is 132 Å². The number of carbonyl (C=O) groups excluding carboxylic acids is 1. The number of rotatable bonds is 5. The highest BCUT2D eigenvalue weighted by Gasteiger charge is 2.23. The molecule has 0 unspecified atom stereocenters. The lowest BCUT2D eigenvalue weighted by Gasteiger charge is -2.20. The van der Waals surface area contributed by atoms with Crippen molar-refractivity contribution in [2.45, 2.75) is 44.0 Å². The minimum absolute atomic E-state index is 0.0328.